The van der Waals surface area contributed by atoms with Crippen molar-refractivity contribution in [2.24, 2.45) is 5.92 Å². The second-order valence-corrected chi connectivity index (χ2v) is 12.8. The average molecular weight is 571 g/mol. The Morgan fingerprint density at radius 3 is 2.50 bits per heavy atom. The molecule has 0 radical (unpaired) electrons. The van der Waals surface area contributed by atoms with Gasteiger partial charge in [-0.2, -0.15) is 0 Å². The summed E-state index contributed by atoms with van der Waals surface area (Å²) in [6.45, 7) is 4.36. The first-order valence-corrected chi connectivity index (χ1v) is 14.5. The van der Waals surface area contributed by atoms with Crippen LogP contribution in [0.2, 0.25) is 10.0 Å². The highest BCUT2D eigenvalue weighted by Crippen LogP contribution is 2.27. The number of amides is 2. The number of carbonyl (C=O) groups excluding carboxylic acids is 2. The maximum atomic E-state index is 12.9. The number of halogens is 2. The van der Waals surface area contributed by atoms with Crippen LogP contribution in [-0.4, -0.2) is 50.7 Å². The average Bonchev–Trinajstić information content (AvgIpc) is 3.26. The summed E-state index contributed by atoms with van der Waals surface area (Å²) in [5.41, 5.74) is 0. The van der Waals surface area contributed by atoms with Crippen molar-refractivity contribution in [3.05, 3.63) is 63.5 Å². The fourth-order valence-corrected chi connectivity index (χ4v) is 6.53. The van der Waals surface area contributed by atoms with Crippen LogP contribution in [0.3, 0.4) is 0 Å². The fraction of sp³-hybridized carbons (Fsp3) is 0.360. The van der Waals surface area contributed by atoms with Crippen molar-refractivity contribution in [3.63, 3.8) is 0 Å². The molecule has 2 N–H and O–H groups in total. The van der Waals surface area contributed by atoms with E-state index in [4.69, 9.17) is 23.2 Å². The Kier molecular flexibility index (Phi) is 9.77. The second-order valence-electron chi connectivity index (χ2n) is 8.85. The van der Waals surface area contributed by atoms with E-state index in [1.54, 1.807) is 0 Å². The molecule has 0 bridgehead atoms. The smallest absolute Gasteiger partial charge is 0.262 e. The zero-order valence-corrected chi connectivity index (χ0v) is 23.4. The van der Waals surface area contributed by atoms with E-state index in [0.717, 1.165) is 10.1 Å². The van der Waals surface area contributed by atoms with Crippen molar-refractivity contribution in [1.29, 1.82) is 0 Å². The predicted molar refractivity (Wildman–Crippen MR) is 146 cm³/mol. The Balaban J connectivity index is 1.56. The van der Waals surface area contributed by atoms with Crippen LogP contribution in [0.25, 0.3) is 10.1 Å². The van der Waals surface area contributed by atoms with Crippen LogP contribution in [-0.2, 0) is 14.8 Å². The monoisotopic (exact) mass is 569 g/mol. The van der Waals surface area contributed by atoms with E-state index in [-0.39, 0.29) is 45.8 Å². The van der Waals surface area contributed by atoms with E-state index < -0.39 is 16.1 Å². The first-order valence-electron chi connectivity index (χ1n) is 11.5. The Hall–Kier alpha value is -2.17. The lowest BCUT2D eigenvalue weighted by atomic mass is 10.0. The van der Waals surface area contributed by atoms with Gasteiger partial charge in [-0.3, -0.25) is 9.59 Å². The third-order valence-corrected chi connectivity index (χ3v) is 9.20. The summed E-state index contributed by atoms with van der Waals surface area (Å²) in [4.78, 5) is 26.2. The van der Waals surface area contributed by atoms with Crippen LogP contribution in [0, 0.1) is 5.92 Å². The molecule has 194 valence electrons. The number of rotatable bonds is 11. The summed E-state index contributed by atoms with van der Waals surface area (Å²) in [5, 5.41) is 7.02. The molecule has 0 saturated carbocycles. The van der Waals surface area contributed by atoms with Gasteiger partial charge in [0.15, 0.2) is 0 Å². The maximum absolute atomic E-state index is 12.9. The lowest BCUT2D eigenvalue weighted by Crippen LogP contribution is -2.47. The highest BCUT2D eigenvalue weighted by Gasteiger charge is 2.25. The van der Waals surface area contributed by atoms with Crippen molar-refractivity contribution in [3.8, 4) is 0 Å². The number of nitrogens with one attached hydrogen (secondary N) is 2. The summed E-state index contributed by atoms with van der Waals surface area (Å²) in [5.74, 6) is -0.412. The zero-order chi connectivity index (χ0) is 26.5. The van der Waals surface area contributed by atoms with Gasteiger partial charge in [-0.25, -0.2) is 12.7 Å². The van der Waals surface area contributed by atoms with E-state index in [1.807, 2.05) is 44.2 Å². The van der Waals surface area contributed by atoms with Crippen molar-refractivity contribution in [1.82, 2.24) is 14.9 Å². The van der Waals surface area contributed by atoms with Crippen LogP contribution < -0.4 is 10.6 Å². The van der Waals surface area contributed by atoms with Gasteiger partial charge in [-0.05, 0) is 54.5 Å². The molecule has 1 aromatic heterocycles. The topological polar surface area (TPSA) is 95.6 Å². The zero-order valence-electron chi connectivity index (χ0n) is 20.3. The standard InChI is InChI=1S/C25H29Cl2N3O4S2/c1-16(2)13-20(29-25(32)22-14-17-7-4-5-8-21(17)35-22)24(31)28-11-6-12-30(3)36(33,34)23-15-18(26)9-10-19(23)27/h4-5,7-10,14-16,20H,6,11-13H2,1-3H3,(H,28,31)(H,29,32)/t20-/m0/s1. The molecule has 3 aromatic rings. The summed E-state index contributed by atoms with van der Waals surface area (Å²) in [6, 6.07) is 13.1. The molecule has 0 fully saturated rings. The van der Waals surface area contributed by atoms with Crippen LogP contribution in [0.4, 0.5) is 0 Å². The second kappa shape index (κ2) is 12.4. The van der Waals surface area contributed by atoms with Gasteiger partial charge in [0.2, 0.25) is 15.9 Å². The minimum atomic E-state index is -3.83. The molecule has 36 heavy (non-hydrogen) atoms. The molecule has 11 heteroatoms. The molecule has 3 rings (SSSR count). The van der Waals surface area contributed by atoms with Crippen molar-refractivity contribution in [2.45, 2.75) is 37.6 Å². The van der Waals surface area contributed by atoms with Gasteiger partial charge < -0.3 is 10.6 Å². The molecule has 0 aliphatic carbocycles. The fourth-order valence-electron chi connectivity index (χ4n) is 3.63. The summed E-state index contributed by atoms with van der Waals surface area (Å²) in [6.07, 6.45) is 0.850. The number of thiophene rings is 1. The first-order chi connectivity index (χ1) is 17.0. The number of nitrogens with zero attached hydrogens (tertiary/aromatic N) is 1. The molecule has 2 amide bonds. The van der Waals surface area contributed by atoms with Crippen LogP contribution in [0.5, 0.6) is 0 Å². The molecule has 7 nitrogen and oxygen atoms in total. The van der Waals surface area contributed by atoms with Crippen molar-refractivity contribution in [2.75, 3.05) is 20.1 Å². The quantitative estimate of drug-likeness (QED) is 0.311. The number of sulfonamides is 1. The largest absolute Gasteiger partial charge is 0.354 e. The molecular formula is C25H29Cl2N3O4S2. The minimum absolute atomic E-state index is 0.0656. The van der Waals surface area contributed by atoms with E-state index in [2.05, 4.69) is 10.6 Å². The molecule has 0 spiro atoms. The van der Waals surface area contributed by atoms with Gasteiger partial charge >= 0.3 is 0 Å². The molecule has 1 heterocycles. The third-order valence-electron chi connectivity index (χ3n) is 5.51. The molecule has 0 aliphatic rings. The first kappa shape index (κ1) is 28.4. The highest BCUT2D eigenvalue weighted by atomic mass is 35.5. The maximum Gasteiger partial charge on any atom is 0.262 e. The number of fused-ring (bicyclic) bond motifs is 1. The number of hydrogen-bond donors (Lipinski definition) is 2. The summed E-state index contributed by atoms with van der Waals surface area (Å²) >= 11 is 13.4. The number of hydrogen-bond acceptors (Lipinski definition) is 5. The minimum Gasteiger partial charge on any atom is -0.354 e. The Bertz CT molecular complexity index is 1310. The molecule has 0 unspecified atom stereocenters. The normalized spacial score (nSPS) is 12.8. The molecular weight excluding hydrogens is 541 g/mol. The molecule has 2 aromatic carbocycles. The summed E-state index contributed by atoms with van der Waals surface area (Å²) < 4.78 is 27.8. The lowest BCUT2D eigenvalue weighted by molar-refractivity contribution is -0.123. The highest BCUT2D eigenvalue weighted by molar-refractivity contribution is 7.89. The van der Waals surface area contributed by atoms with E-state index in [9.17, 15) is 18.0 Å². The third kappa shape index (κ3) is 7.20. The van der Waals surface area contributed by atoms with Crippen LogP contribution in [0.15, 0.2) is 53.4 Å². The lowest BCUT2D eigenvalue weighted by Gasteiger charge is -2.21. The van der Waals surface area contributed by atoms with Gasteiger partial charge in [-0.15, -0.1) is 11.3 Å². The Morgan fingerprint density at radius 1 is 1.08 bits per heavy atom. The van der Waals surface area contributed by atoms with Crippen molar-refractivity contribution < 1.29 is 18.0 Å². The molecule has 0 aliphatic heterocycles. The van der Waals surface area contributed by atoms with Gasteiger partial charge in [0, 0.05) is 29.9 Å². The van der Waals surface area contributed by atoms with E-state index in [0.29, 0.717) is 17.7 Å². The number of benzene rings is 2. The van der Waals surface area contributed by atoms with Crippen LogP contribution in [0.1, 0.15) is 36.4 Å². The molecule has 0 saturated heterocycles. The van der Waals surface area contributed by atoms with E-state index in [1.165, 1.54) is 40.9 Å². The summed E-state index contributed by atoms with van der Waals surface area (Å²) in [7, 11) is -2.39. The predicted octanol–water partition coefficient (Wildman–Crippen LogP) is 5.18. The van der Waals surface area contributed by atoms with Crippen LogP contribution >= 0.6 is 34.5 Å². The van der Waals surface area contributed by atoms with Gasteiger partial charge in [-0.1, -0.05) is 55.2 Å². The van der Waals surface area contributed by atoms with Gasteiger partial charge in [0.1, 0.15) is 10.9 Å². The Labute approximate surface area is 225 Å². The van der Waals surface area contributed by atoms with Gasteiger partial charge in [0.05, 0.1) is 9.90 Å². The van der Waals surface area contributed by atoms with Gasteiger partial charge in [0.25, 0.3) is 5.91 Å². The van der Waals surface area contributed by atoms with Crippen molar-refractivity contribution >= 4 is 66.5 Å². The van der Waals surface area contributed by atoms with E-state index >= 15 is 0 Å². The Morgan fingerprint density at radius 2 is 1.81 bits per heavy atom. The SMILES string of the molecule is CC(C)C[C@H](NC(=O)c1cc2ccccc2s1)C(=O)NCCCN(C)S(=O)(=O)c1cc(Cl)ccc1Cl. The number of carbonyl (C=O) groups is 2. The molecule has 1 atom stereocenters.